The highest BCUT2D eigenvalue weighted by Crippen LogP contribution is 2.34. The number of rotatable bonds is 4. The summed E-state index contributed by atoms with van der Waals surface area (Å²) in [7, 11) is 0. The van der Waals surface area contributed by atoms with Gasteiger partial charge < -0.3 is 5.32 Å². The number of hydrogen-bond donors (Lipinski definition) is 1. The van der Waals surface area contributed by atoms with Crippen LogP contribution in [0.1, 0.15) is 25.7 Å². The summed E-state index contributed by atoms with van der Waals surface area (Å²) in [5.41, 5.74) is -0.754. The zero-order valence-electron chi connectivity index (χ0n) is 11.1. The van der Waals surface area contributed by atoms with E-state index in [-0.39, 0.29) is 17.0 Å². The van der Waals surface area contributed by atoms with Crippen molar-refractivity contribution >= 4 is 23.1 Å². The van der Waals surface area contributed by atoms with Gasteiger partial charge in [-0.3, -0.25) is 10.1 Å². The lowest BCUT2D eigenvalue weighted by molar-refractivity contribution is -0.384. The fraction of sp³-hybridized carbons (Fsp3) is 0.538. The van der Waals surface area contributed by atoms with Crippen molar-refractivity contribution in [1.29, 1.82) is 0 Å². The van der Waals surface area contributed by atoms with Gasteiger partial charge in [0.15, 0.2) is 17.3 Å². The molecular formula is C13H16F2N2O2S. The first-order valence-corrected chi connectivity index (χ1v) is 7.75. The number of nitro benzene ring substituents is 1. The fourth-order valence-corrected chi connectivity index (χ4v) is 3.49. The Bertz CT molecular complexity index is 513. The first-order chi connectivity index (χ1) is 9.54. The zero-order valence-corrected chi connectivity index (χ0v) is 11.9. The van der Waals surface area contributed by atoms with Crippen LogP contribution in [-0.2, 0) is 0 Å². The van der Waals surface area contributed by atoms with Gasteiger partial charge in [0.25, 0.3) is 5.69 Å². The van der Waals surface area contributed by atoms with Crippen LogP contribution in [0, 0.1) is 21.7 Å². The highest BCUT2D eigenvalue weighted by atomic mass is 32.2. The molecule has 0 aromatic heterocycles. The molecule has 1 fully saturated rings. The molecule has 7 heteroatoms. The summed E-state index contributed by atoms with van der Waals surface area (Å²) in [5.74, 6) is -2.25. The number of nitrogens with zero attached hydrogens (tertiary/aromatic N) is 1. The molecule has 4 nitrogen and oxygen atoms in total. The van der Waals surface area contributed by atoms with Crippen LogP contribution in [0.15, 0.2) is 12.1 Å². The number of benzene rings is 1. The van der Waals surface area contributed by atoms with Crippen LogP contribution < -0.4 is 5.32 Å². The maximum absolute atomic E-state index is 13.9. The quantitative estimate of drug-likeness (QED) is 0.675. The average Bonchev–Trinajstić information content (AvgIpc) is 2.44. The molecule has 2 rings (SSSR count). The van der Waals surface area contributed by atoms with Gasteiger partial charge in [-0.2, -0.15) is 11.8 Å². The fourth-order valence-electron chi connectivity index (χ4n) is 2.56. The lowest BCUT2D eigenvalue weighted by atomic mass is 9.94. The standard InChI is InChI=1S/C13H16F2N2O2S/c1-20-11-5-3-2-4-9(11)16-13-10(17(18)19)7-6-8(14)12(13)15/h6-7,9,11,16H,2-5H2,1H3. The number of nitro groups is 1. The minimum absolute atomic E-state index is 0.0752. The Kier molecular flexibility index (Phi) is 4.80. The predicted octanol–water partition coefficient (Wildman–Crippen LogP) is 3.96. The normalized spacial score (nSPS) is 22.6. The molecule has 1 aromatic rings. The Morgan fingerprint density at radius 2 is 2.05 bits per heavy atom. The van der Waals surface area contributed by atoms with E-state index in [1.54, 1.807) is 11.8 Å². The topological polar surface area (TPSA) is 55.2 Å². The van der Waals surface area contributed by atoms with E-state index >= 15 is 0 Å². The molecule has 0 heterocycles. The maximum Gasteiger partial charge on any atom is 0.295 e. The molecule has 1 aliphatic rings. The molecule has 2 atom stereocenters. The van der Waals surface area contributed by atoms with Gasteiger partial charge in [-0.1, -0.05) is 12.8 Å². The SMILES string of the molecule is CSC1CCCCC1Nc1c([N+](=O)[O-])ccc(F)c1F. The number of nitrogens with one attached hydrogen (secondary N) is 1. The second-order valence-corrected chi connectivity index (χ2v) is 5.90. The second kappa shape index (κ2) is 6.39. The van der Waals surface area contributed by atoms with E-state index in [1.165, 1.54) is 0 Å². The predicted molar refractivity (Wildman–Crippen MR) is 76.2 cm³/mol. The highest BCUT2D eigenvalue weighted by molar-refractivity contribution is 7.99. The monoisotopic (exact) mass is 302 g/mol. The molecule has 0 spiro atoms. The van der Waals surface area contributed by atoms with E-state index in [0.29, 0.717) is 0 Å². The summed E-state index contributed by atoms with van der Waals surface area (Å²) < 4.78 is 27.2. The van der Waals surface area contributed by atoms with Crippen LogP contribution in [-0.4, -0.2) is 22.5 Å². The molecule has 2 unspecified atom stereocenters. The molecule has 0 amide bonds. The molecule has 20 heavy (non-hydrogen) atoms. The van der Waals surface area contributed by atoms with Crippen LogP contribution in [0.5, 0.6) is 0 Å². The van der Waals surface area contributed by atoms with Crippen molar-refractivity contribution in [3.05, 3.63) is 33.9 Å². The van der Waals surface area contributed by atoms with Gasteiger partial charge in [-0.15, -0.1) is 0 Å². The Labute approximate surface area is 120 Å². The van der Waals surface area contributed by atoms with E-state index in [2.05, 4.69) is 5.32 Å². The summed E-state index contributed by atoms with van der Waals surface area (Å²) in [6.07, 6.45) is 5.82. The Hall–Kier alpha value is -1.37. The van der Waals surface area contributed by atoms with Gasteiger partial charge in [-0.05, 0) is 25.2 Å². The maximum atomic E-state index is 13.9. The molecule has 0 radical (unpaired) electrons. The molecule has 0 saturated heterocycles. The lowest BCUT2D eigenvalue weighted by Gasteiger charge is -2.31. The van der Waals surface area contributed by atoms with Gasteiger partial charge >= 0.3 is 0 Å². The minimum Gasteiger partial charge on any atom is -0.373 e. The third-order valence-electron chi connectivity index (χ3n) is 3.60. The Morgan fingerprint density at radius 1 is 1.35 bits per heavy atom. The first-order valence-electron chi connectivity index (χ1n) is 6.46. The van der Waals surface area contributed by atoms with Gasteiger partial charge in [0.05, 0.1) is 4.92 Å². The van der Waals surface area contributed by atoms with Crippen molar-refractivity contribution < 1.29 is 13.7 Å². The molecule has 0 bridgehead atoms. The van der Waals surface area contributed by atoms with Gasteiger partial charge in [0.1, 0.15) is 0 Å². The zero-order chi connectivity index (χ0) is 14.7. The number of thioether (sulfide) groups is 1. The van der Waals surface area contributed by atoms with Gasteiger partial charge in [0, 0.05) is 17.4 Å². The summed E-state index contributed by atoms with van der Waals surface area (Å²) in [6, 6.07) is 1.71. The largest absolute Gasteiger partial charge is 0.373 e. The van der Waals surface area contributed by atoms with Crippen molar-refractivity contribution in [2.24, 2.45) is 0 Å². The van der Waals surface area contributed by atoms with E-state index in [4.69, 9.17) is 0 Å². The lowest BCUT2D eigenvalue weighted by Crippen LogP contribution is -2.34. The summed E-state index contributed by atoms with van der Waals surface area (Å²) in [5, 5.41) is 14.1. The molecule has 1 saturated carbocycles. The number of halogens is 2. The average molecular weight is 302 g/mol. The first kappa shape index (κ1) is 15.0. The minimum atomic E-state index is -1.18. The van der Waals surface area contributed by atoms with Gasteiger partial charge in [-0.25, -0.2) is 8.78 Å². The van der Waals surface area contributed by atoms with Crippen molar-refractivity contribution in [3.8, 4) is 0 Å². The van der Waals surface area contributed by atoms with Crippen LogP contribution in [0.3, 0.4) is 0 Å². The van der Waals surface area contributed by atoms with Crippen LogP contribution in [0.4, 0.5) is 20.2 Å². The molecule has 1 N–H and O–H groups in total. The van der Waals surface area contributed by atoms with Crippen molar-refractivity contribution in [1.82, 2.24) is 0 Å². The van der Waals surface area contributed by atoms with Crippen molar-refractivity contribution in [2.75, 3.05) is 11.6 Å². The van der Waals surface area contributed by atoms with E-state index in [0.717, 1.165) is 37.8 Å². The van der Waals surface area contributed by atoms with Crippen LogP contribution in [0.25, 0.3) is 0 Å². The third-order valence-corrected chi connectivity index (χ3v) is 4.77. The van der Waals surface area contributed by atoms with Crippen LogP contribution >= 0.6 is 11.8 Å². The smallest absolute Gasteiger partial charge is 0.295 e. The van der Waals surface area contributed by atoms with Crippen LogP contribution in [0.2, 0.25) is 0 Å². The summed E-state index contributed by atoms with van der Waals surface area (Å²) in [6.45, 7) is 0. The Balaban J connectivity index is 2.31. The third kappa shape index (κ3) is 3.03. The Morgan fingerprint density at radius 3 is 2.70 bits per heavy atom. The van der Waals surface area contributed by atoms with E-state index < -0.39 is 22.2 Å². The molecule has 0 aliphatic heterocycles. The summed E-state index contributed by atoms with van der Waals surface area (Å²) >= 11 is 1.65. The molecule has 1 aromatic carbocycles. The number of anilines is 1. The molecular weight excluding hydrogens is 286 g/mol. The number of hydrogen-bond acceptors (Lipinski definition) is 4. The van der Waals surface area contributed by atoms with Crippen molar-refractivity contribution in [2.45, 2.75) is 37.0 Å². The van der Waals surface area contributed by atoms with Gasteiger partial charge in [0.2, 0.25) is 0 Å². The molecule has 1 aliphatic carbocycles. The molecule has 110 valence electrons. The summed E-state index contributed by atoms with van der Waals surface area (Å²) in [4.78, 5) is 10.3. The van der Waals surface area contributed by atoms with E-state index in [1.807, 2.05) is 6.26 Å². The second-order valence-electron chi connectivity index (χ2n) is 4.82. The highest BCUT2D eigenvalue weighted by Gasteiger charge is 2.29. The van der Waals surface area contributed by atoms with E-state index in [9.17, 15) is 18.9 Å². The van der Waals surface area contributed by atoms with Crippen molar-refractivity contribution in [3.63, 3.8) is 0 Å².